The van der Waals surface area contributed by atoms with E-state index in [1.165, 1.54) is 16.7 Å². The second-order valence-corrected chi connectivity index (χ2v) is 23.2. The molecule has 0 N–H and O–H groups in total. The molecule has 414 valence electrons. The lowest BCUT2D eigenvalue weighted by Crippen LogP contribution is -2.20. The van der Waals surface area contributed by atoms with Crippen molar-refractivity contribution in [2.75, 3.05) is 0 Å². The molecule has 0 aliphatic heterocycles. The molecule has 8 atom stereocenters. The average molecular weight is 1090 g/mol. The summed E-state index contributed by atoms with van der Waals surface area (Å²) in [6.45, 7) is 25.8. The van der Waals surface area contributed by atoms with Crippen molar-refractivity contribution >= 4 is 35.3 Å². The molecule has 4 aliphatic carbocycles. The number of hydrogen-bond donors (Lipinski definition) is 0. The van der Waals surface area contributed by atoms with Crippen molar-refractivity contribution in [3.05, 3.63) is 178 Å². The summed E-state index contributed by atoms with van der Waals surface area (Å²) in [6.07, 6.45) is 3.84. The number of benzene rings is 3. The number of alkyl halides is 3. The maximum absolute atomic E-state index is 12.7. The third-order valence-corrected chi connectivity index (χ3v) is 15.5. The van der Waals surface area contributed by atoms with Crippen molar-refractivity contribution in [1.82, 2.24) is 0 Å². The molecule has 0 bridgehead atoms. The van der Waals surface area contributed by atoms with Gasteiger partial charge in [-0.3, -0.25) is 19.2 Å². The fraction of sp³-hybridized carbons (Fsp3) is 0.422. The number of nitriles is 1. The van der Waals surface area contributed by atoms with Gasteiger partial charge < -0.3 is 23.4 Å². The first-order chi connectivity index (χ1) is 36.6. The van der Waals surface area contributed by atoms with Gasteiger partial charge in [-0.05, 0) is 117 Å². The van der Waals surface area contributed by atoms with Crippen LogP contribution < -0.4 is 4.74 Å². The summed E-state index contributed by atoms with van der Waals surface area (Å²) in [5.74, 6) is -0.233. The van der Waals surface area contributed by atoms with Gasteiger partial charge in [0.05, 0.1) is 30.4 Å². The fourth-order valence-electron chi connectivity index (χ4n) is 10.3. The van der Waals surface area contributed by atoms with Crippen LogP contribution in [0.3, 0.4) is 0 Å². The number of nitrogens with zero attached hydrogens (tertiary/aromatic N) is 1. The quantitative estimate of drug-likeness (QED) is 0.0570. The summed E-state index contributed by atoms with van der Waals surface area (Å²) < 4.78 is 66.0. The summed E-state index contributed by atoms with van der Waals surface area (Å²) in [6, 6.07) is 29.6. The van der Waals surface area contributed by atoms with E-state index >= 15 is 0 Å². The number of furan rings is 1. The van der Waals surface area contributed by atoms with E-state index in [9.17, 15) is 37.6 Å². The number of halogens is 4. The van der Waals surface area contributed by atoms with Crippen LogP contribution >= 0.6 is 11.6 Å². The highest BCUT2D eigenvalue weighted by Crippen LogP contribution is 2.62. The largest absolute Gasteiger partial charge is 0.469 e. The van der Waals surface area contributed by atoms with E-state index in [0.717, 1.165) is 35.0 Å². The lowest BCUT2D eigenvalue weighted by Gasteiger charge is -2.13. The normalized spacial score (nSPS) is 23.3. The molecule has 0 saturated heterocycles. The van der Waals surface area contributed by atoms with Gasteiger partial charge in [0.1, 0.15) is 41.1 Å². The molecular weight excluding hydrogens is 1020 g/mol. The van der Waals surface area contributed by atoms with Gasteiger partial charge in [-0.25, -0.2) is 0 Å². The monoisotopic (exact) mass is 1090 g/mol. The Balaban J connectivity index is 0.000000192. The minimum absolute atomic E-state index is 0.0107. The number of hydrogen-bond acceptors (Lipinski definition) is 10. The zero-order valence-electron chi connectivity index (χ0n) is 46.3. The zero-order chi connectivity index (χ0) is 57.5. The van der Waals surface area contributed by atoms with Gasteiger partial charge in [-0.15, -0.1) is 6.58 Å². The SMILES string of the molecule is C=CCC1=C(C)C(OC(=O)C2C(C=C(C)C)C2(C)C)CC1=O.CC(C)=CC1C(C(=O)OCc2coc(Cc3ccccc3)c2)C1(C)C.CC1(C)[C@H](C(=O)O[C@H](C#N)c2cccc(Oc3ccccc3)c2)[C@@H]1/C=C(\Cl)C(F)(F)F. The Labute approximate surface area is 462 Å². The molecule has 14 heteroatoms. The molecule has 0 amide bonds. The van der Waals surface area contributed by atoms with E-state index < -0.39 is 46.6 Å². The Morgan fingerprint density at radius 3 is 1.86 bits per heavy atom. The van der Waals surface area contributed by atoms with Gasteiger partial charge in [0.2, 0.25) is 6.10 Å². The average Bonchev–Trinajstić information content (AvgIpc) is 4.32. The van der Waals surface area contributed by atoms with Crippen molar-refractivity contribution in [1.29, 1.82) is 5.26 Å². The zero-order valence-corrected chi connectivity index (χ0v) is 47.1. The summed E-state index contributed by atoms with van der Waals surface area (Å²) >= 11 is 5.32. The lowest BCUT2D eigenvalue weighted by atomic mass is 10.1. The van der Waals surface area contributed by atoms with E-state index in [0.29, 0.717) is 23.5 Å². The third-order valence-electron chi connectivity index (χ3n) is 15.2. The molecule has 1 aromatic heterocycles. The summed E-state index contributed by atoms with van der Waals surface area (Å²) in [4.78, 5) is 49.5. The predicted octanol–water partition coefficient (Wildman–Crippen LogP) is 15.7. The van der Waals surface area contributed by atoms with Crippen molar-refractivity contribution in [3.8, 4) is 17.6 Å². The number of Topliss-reactive ketones (excluding diaryl/α,β-unsaturated/α-hetero) is 1. The molecule has 4 aromatic rings. The highest BCUT2D eigenvalue weighted by molar-refractivity contribution is 6.30. The Morgan fingerprint density at radius 1 is 0.769 bits per heavy atom. The van der Waals surface area contributed by atoms with Crippen LogP contribution in [0.25, 0.3) is 0 Å². The fourth-order valence-corrected chi connectivity index (χ4v) is 10.4. The number of carbonyl (C=O) groups is 4. The molecule has 78 heavy (non-hydrogen) atoms. The molecule has 1 heterocycles. The van der Waals surface area contributed by atoms with Crippen LogP contribution in [0.4, 0.5) is 13.2 Å². The Bertz CT molecular complexity index is 3000. The van der Waals surface area contributed by atoms with Crippen LogP contribution in [0.1, 0.15) is 118 Å². The second-order valence-electron chi connectivity index (χ2n) is 22.8. The van der Waals surface area contributed by atoms with E-state index in [2.05, 4.69) is 72.4 Å². The molecular formula is C64H71ClF3NO9. The molecule has 3 fully saturated rings. The Morgan fingerprint density at radius 2 is 1.31 bits per heavy atom. The first kappa shape index (κ1) is 60.3. The third kappa shape index (κ3) is 15.0. The van der Waals surface area contributed by atoms with Crippen molar-refractivity contribution in [3.63, 3.8) is 0 Å². The van der Waals surface area contributed by atoms with Gasteiger partial charge >= 0.3 is 24.1 Å². The van der Waals surface area contributed by atoms with Gasteiger partial charge in [-0.2, -0.15) is 18.4 Å². The molecule has 5 unspecified atom stereocenters. The van der Waals surface area contributed by atoms with E-state index in [1.807, 2.05) is 69.3 Å². The van der Waals surface area contributed by atoms with E-state index in [1.54, 1.807) is 62.6 Å². The topological polar surface area (TPSA) is 142 Å². The molecule has 3 aromatic carbocycles. The highest BCUT2D eigenvalue weighted by atomic mass is 35.5. The second kappa shape index (κ2) is 24.8. The van der Waals surface area contributed by atoms with Crippen molar-refractivity contribution in [2.24, 2.45) is 51.8 Å². The standard InChI is InChI=1S/C23H19ClF3NO3.C22H26O3.C19H26O3/c1-22(2)17(12-19(24)23(25,26)27)20(22)21(29)31-18(13-28)14-7-6-10-16(11-14)30-15-8-4-3-5-9-15;1-15(2)10-19-20(22(19,3)4)21(23)25-14-17-12-18(24-13-17)11-16-8-6-5-7-9-16;1-7-8-13-12(4)16(10-15(13)20)22-18(21)17-14(9-11(2)3)19(17,5)6/h3-12,17-18,20H,1-2H3;5-10,12-13,19-20H,11,14H2,1-4H3;7,9,14,16-17H,1,8,10H2,2-6H3/b19-12-;;/t17-,18+,20-;;/m0../s1. The Kier molecular flexibility index (Phi) is 19.2. The summed E-state index contributed by atoms with van der Waals surface area (Å²) in [5, 5.41) is 8.23. The van der Waals surface area contributed by atoms with Gasteiger partial charge in [0.15, 0.2) is 5.78 Å². The molecule has 10 nitrogen and oxygen atoms in total. The van der Waals surface area contributed by atoms with Gasteiger partial charge in [0, 0.05) is 23.1 Å². The Hall–Kier alpha value is -6.91. The van der Waals surface area contributed by atoms with Crippen LogP contribution in [0.15, 0.2) is 160 Å². The van der Waals surface area contributed by atoms with Crippen molar-refractivity contribution in [2.45, 2.75) is 120 Å². The summed E-state index contributed by atoms with van der Waals surface area (Å²) in [7, 11) is 0. The minimum atomic E-state index is -4.68. The van der Waals surface area contributed by atoms with Crippen LogP contribution in [-0.2, 0) is 46.4 Å². The van der Waals surface area contributed by atoms with E-state index in [-0.39, 0.29) is 65.3 Å². The van der Waals surface area contributed by atoms with Crippen LogP contribution in [0.5, 0.6) is 11.5 Å². The number of esters is 3. The smallest absolute Gasteiger partial charge is 0.426 e. The first-order valence-electron chi connectivity index (χ1n) is 26.1. The number of para-hydroxylation sites is 1. The number of carbonyl (C=O) groups excluding carboxylic acids is 4. The highest BCUT2D eigenvalue weighted by Gasteiger charge is 2.64. The summed E-state index contributed by atoms with van der Waals surface area (Å²) in [5.41, 5.74) is 5.76. The molecule has 8 rings (SSSR count). The molecule has 0 radical (unpaired) electrons. The predicted molar refractivity (Wildman–Crippen MR) is 293 cm³/mol. The number of ether oxygens (including phenoxy) is 4. The number of allylic oxidation sites excluding steroid dienone is 8. The molecule has 0 spiro atoms. The van der Waals surface area contributed by atoms with Crippen LogP contribution in [-0.4, -0.2) is 36.0 Å². The first-order valence-corrected chi connectivity index (χ1v) is 26.5. The maximum atomic E-state index is 12.7. The van der Waals surface area contributed by atoms with Gasteiger partial charge in [0.25, 0.3) is 0 Å². The van der Waals surface area contributed by atoms with Crippen LogP contribution in [0.2, 0.25) is 0 Å². The van der Waals surface area contributed by atoms with Gasteiger partial charge in [-0.1, -0.05) is 149 Å². The molecule has 3 saturated carbocycles. The maximum Gasteiger partial charge on any atom is 0.426 e. The lowest BCUT2D eigenvalue weighted by molar-refractivity contribution is -0.151. The van der Waals surface area contributed by atoms with E-state index in [4.69, 9.17) is 35.0 Å². The number of rotatable bonds is 17. The minimum Gasteiger partial charge on any atom is -0.469 e. The molecule has 4 aliphatic rings. The van der Waals surface area contributed by atoms with Crippen LogP contribution in [0, 0.1) is 63.1 Å². The van der Waals surface area contributed by atoms with Crippen molar-refractivity contribution < 1.29 is 55.7 Å². The number of ketones is 1.